The summed E-state index contributed by atoms with van der Waals surface area (Å²) in [6.45, 7) is 4.07. The number of unbranched alkanes of at least 4 members (excludes halogenated alkanes) is 5. The summed E-state index contributed by atoms with van der Waals surface area (Å²) < 4.78 is 0. The van der Waals surface area contributed by atoms with Crippen LogP contribution in [0.4, 0.5) is 0 Å². The molecule has 1 atom stereocenters. The molecule has 1 nitrogen and oxygen atoms in total. The minimum Gasteiger partial charge on any atom is -0.389 e. The topological polar surface area (TPSA) is 20.2 Å². The van der Waals surface area contributed by atoms with Crippen molar-refractivity contribution in [1.29, 1.82) is 0 Å². The first-order chi connectivity index (χ1) is 14.2. The molecule has 0 saturated heterocycles. The molecule has 0 saturated carbocycles. The quantitative estimate of drug-likeness (QED) is 0.350. The van der Waals surface area contributed by atoms with Crippen LogP contribution in [0.15, 0.2) is 72.8 Å². The maximum Gasteiger partial charge on any atom is 0.0761 e. The fraction of sp³-hybridized carbons (Fsp3) is 0.357. The van der Waals surface area contributed by atoms with Crippen LogP contribution in [0.2, 0.25) is 0 Å². The van der Waals surface area contributed by atoms with Gasteiger partial charge in [0.05, 0.1) is 6.10 Å². The normalized spacial score (nSPS) is 12.1. The molecule has 0 spiro atoms. The summed E-state index contributed by atoms with van der Waals surface area (Å²) >= 11 is 0. The largest absolute Gasteiger partial charge is 0.389 e. The Kier molecular flexibility index (Phi) is 8.07. The molecule has 0 heterocycles. The van der Waals surface area contributed by atoms with Crippen molar-refractivity contribution in [3.8, 4) is 22.3 Å². The Bertz CT molecular complexity index is 860. The second kappa shape index (κ2) is 11.0. The summed E-state index contributed by atoms with van der Waals surface area (Å²) in [5.74, 6) is 0. The first-order valence-electron chi connectivity index (χ1n) is 11.2. The van der Waals surface area contributed by atoms with Crippen LogP contribution in [0.25, 0.3) is 22.3 Å². The minimum atomic E-state index is -0.432. The van der Waals surface area contributed by atoms with Crippen molar-refractivity contribution >= 4 is 0 Å². The van der Waals surface area contributed by atoms with Crippen molar-refractivity contribution in [2.45, 2.75) is 64.9 Å². The summed E-state index contributed by atoms with van der Waals surface area (Å²) in [6.07, 6.45) is 8.80. The van der Waals surface area contributed by atoms with Crippen molar-refractivity contribution in [2.24, 2.45) is 0 Å². The number of aliphatic hydroxyl groups excluding tert-OH is 1. The zero-order valence-electron chi connectivity index (χ0n) is 17.9. The van der Waals surface area contributed by atoms with E-state index in [1.807, 2.05) is 12.1 Å². The Morgan fingerprint density at radius 3 is 1.72 bits per heavy atom. The highest BCUT2D eigenvalue weighted by Gasteiger charge is 2.08. The standard InChI is InChI=1S/C28H34O/c1-3-4-5-6-7-8-11-23-14-16-25(17-15-23)27-12-9-10-13-28(27)26-20-18-24(19-21-26)22(2)29/h9-10,12-22,29H,3-8,11H2,1-2H3. The highest BCUT2D eigenvalue weighted by molar-refractivity contribution is 5.83. The molecule has 0 aliphatic heterocycles. The number of aryl methyl sites for hydroxylation is 1. The van der Waals surface area contributed by atoms with Gasteiger partial charge in [-0.3, -0.25) is 0 Å². The number of aliphatic hydroxyl groups is 1. The van der Waals surface area contributed by atoms with Crippen molar-refractivity contribution in [3.63, 3.8) is 0 Å². The molecule has 3 aromatic rings. The van der Waals surface area contributed by atoms with Crippen molar-refractivity contribution in [3.05, 3.63) is 83.9 Å². The first kappa shape index (κ1) is 21.3. The van der Waals surface area contributed by atoms with E-state index in [-0.39, 0.29) is 0 Å². The van der Waals surface area contributed by atoms with Gasteiger partial charge in [-0.25, -0.2) is 0 Å². The summed E-state index contributed by atoms with van der Waals surface area (Å²) in [7, 11) is 0. The van der Waals surface area contributed by atoms with Crippen LogP contribution in [0.5, 0.6) is 0 Å². The molecular weight excluding hydrogens is 352 g/mol. The molecule has 0 amide bonds. The van der Waals surface area contributed by atoms with E-state index in [9.17, 15) is 5.11 Å². The lowest BCUT2D eigenvalue weighted by atomic mass is 9.93. The van der Waals surface area contributed by atoms with Gasteiger partial charge in [0.2, 0.25) is 0 Å². The van der Waals surface area contributed by atoms with E-state index in [2.05, 4.69) is 67.6 Å². The maximum absolute atomic E-state index is 9.76. The second-order valence-electron chi connectivity index (χ2n) is 8.06. The Morgan fingerprint density at radius 1 is 0.655 bits per heavy atom. The average molecular weight is 387 g/mol. The van der Waals surface area contributed by atoms with E-state index in [4.69, 9.17) is 0 Å². The summed E-state index contributed by atoms with van der Waals surface area (Å²) in [6, 6.07) is 25.9. The van der Waals surface area contributed by atoms with Crippen LogP contribution in [0.1, 0.15) is 69.6 Å². The van der Waals surface area contributed by atoms with Gasteiger partial charge < -0.3 is 5.11 Å². The van der Waals surface area contributed by atoms with E-state index in [0.717, 1.165) is 5.56 Å². The van der Waals surface area contributed by atoms with Gasteiger partial charge in [0.25, 0.3) is 0 Å². The summed E-state index contributed by atoms with van der Waals surface area (Å²) in [5.41, 5.74) is 7.30. The predicted octanol–water partition coefficient (Wildman–Crippen LogP) is 7.98. The Balaban J connectivity index is 1.69. The number of benzene rings is 3. The minimum absolute atomic E-state index is 0.432. The fourth-order valence-electron chi connectivity index (χ4n) is 3.89. The molecule has 0 fully saturated rings. The zero-order valence-corrected chi connectivity index (χ0v) is 17.9. The van der Waals surface area contributed by atoms with Crippen LogP contribution in [-0.2, 0) is 6.42 Å². The van der Waals surface area contributed by atoms with E-state index in [0.29, 0.717) is 0 Å². The van der Waals surface area contributed by atoms with Gasteiger partial charge in [0.1, 0.15) is 0 Å². The van der Waals surface area contributed by atoms with E-state index in [1.54, 1.807) is 6.92 Å². The van der Waals surface area contributed by atoms with Gasteiger partial charge >= 0.3 is 0 Å². The molecular formula is C28H34O. The van der Waals surface area contributed by atoms with E-state index >= 15 is 0 Å². The smallest absolute Gasteiger partial charge is 0.0761 e. The number of hydrogen-bond donors (Lipinski definition) is 1. The monoisotopic (exact) mass is 386 g/mol. The highest BCUT2D eigenvalue weighted by Crippen LogP contribution is 2.32. The number of hydrogen-bond acceptors (Lipinski definition) is 1. The lowest BCUT2D eigenvalue weighted by Crippen LogP contribution is -1.91. The molecule has 3 rings (SSSR count). The summed E-state index contributed by atoms with van der Waals surface area (Å²) in [5, 5.41) is 9.76. The Hall–Kier alpha value is -2.38. The highest BCUT2D eigenvalue weighted by atomic mass is 16.3. The number of rotatable bonds is 10. The molecule has 1 unspecified atom stereocenters. The Morgan fingerprint density at radius 2 is 1.17 bits per heavy atom. The summed E-state index contributed by atoms with van der Waals surface area (Å²) in [4.78, 5) is 0. The van der Waals surface area contributed by atoms with Crippen LogP contribution >= 0.6 is 0 Å². The predicted molar refractivity (Wildman–Crippen MR) is 125 cm³/mol. The molecule has 0 aliphatic rings. The molecule has 0 bridgehead atoms. The third kappa shape index (κ3) is 6.05. The molecule has 1 N–H and O–H groups in total. The molecule has 0 radical (unpaired) electrons. The van der Waals surface area contributed by atoms with Gasteiger partial charge in [0.15, 0.2) is 0 Å². The maximum atomic E-state index is 9.76. The van der Waals surface area contributed by atoms with Crippen LogP contribution in [0, 0.1) is 0 Å². The first-order valence-corrected chi connectivity index (χ1v) is 11.2. The third-order valence-corrected chi connectivity index (χ3v) is 5.72. The van der Waals surface area contributed by atoms with E-state index < -0.39 is 6.10 Å². The van der Waals surface area contributed by atoms with Gasteiger partial charge in [-0.1, -0.05) is 112 Å². The molecule has 3 aromatic carbocycles. The second-order valence-corrected chi connectivity index (χ2v) is 8.06. The van der Waals surface area contributed by atoms with Gasteiger partial charge in [0, 0.05) is 0 Å². The molecule has 29 heavy (non-hydrogen) atoms. The van der Waals surface area contributed by atoms with Crippen LogP contribution in [-0.4, -0.2) is 5.11 Å². The van der Waals surface area contributed by atoms with Crippen LogP contribution < -0.4 is 0 Å². The lowest BCUT2D eigenvalue weighted by Gasteiger charge is -2.12. The molecule has 1 heteroatoms. The fourth-order valence-corrected chi connectivity index (χ4v) is 3.89. The van der Waals surface area contributed by atoms with Gasteiger partial charge in [-0.05, 0) is 53.1 Å². The lowest BCUT2D eigenvalue weighted by molar-refractivity contribution is 0.199. The third-order valence-electron chi connectivity index (χ3n) is 5.72. The molecule has 0 aromatic heterocycles. The Labute approximate surface area is 176 Å². The zero-order chi connectivity index (χ0) is 20.5. The van der Waals surface area contributed by atoms with Crippen molar-refractivity contribution < 1.29 is 5.11 Å². The average Bonchev–Trinajstić information content (AvgIpc) is 2.77. The SMILES string of the molecule is CCCCCCCCc1ccc(-c2ccccc2-c2ccc(C(C)O)cc2)cc1. The molecule has 152 valence electrons. The van der Waals surface area contributed by atoms with Gasteiger partial charge in [-0.2, -0.15) is 0 Å². The van der Waals surface area contributed by atoms with Crippen molar-refractivity contribution in [2.75, 3.05) is 0 Å². The van der Waals surface area contributed by atoms with E-state index in [1.165, 1.54) is 72.8 Å². The van der Waals surface area contributed by atoms with Gasteiger partial charge in [-0.15, -0.1) is 0 Å². The molecule has 0 aliphatic carbocycles. The van der Waals surface area contributed by atoms with Crippen LogP contribution in [0.3, 0.4) is 0 Å². The van der Waals surface area contributed by atoms with Crippen molar-refractivity contribution in [1.82, 2.24) is 0 Å².